The van der Waals surface area contributed by atoms with Crippen molar-refractivity contribution in [2.45, 2.75) is 39.0 Å². The van der Waals surface area contributed by atoms with E-state index in [1.807, 2.05) is 0 Å². The summed E-state index contributed by atoms with van der Waals surface area (Å²) in [6, 6.07) is 0. The molecule has 1 rings (SSSR count). The van der Waals surface area contributed by atoms with Crippen LogP contribution >= 0.6 is 0 Å². The molecule has 1 saturated heterocycles. The summed E-state index contributed by atoms with van der Waals surface area (Å²) in [4.78, 5) is 2.58. The second-order valence-electron chi connectivity index (χ2n) is 4.01. The molecule has 13 heavy (non-hydrogen) atoms. The van der Waals surface area contributed by atoms with Crippen LogP contribution in [0.3, 0.4) is 0 Å². The van der Waals surface area contributed by atoms with Gasteiger partial charge < -0.3 is 10.2 Å². The number of hydrogen-bond donors (Lipinski definition) is 1. The lowest BCUT2D eigenvalue weighted by Crippen LogP contribution is -2.25. The van der Waals surface area contributed by atoms with Crippen LogP contribution in [0, 0.1) is 0 Å². The molecule has 0 aromatic rings. The minimum Gasteiger partial charge on any atom is -0.317 e. The zero-order valence-corrected chi connectivity index (χ0v) is 9.02. The molecule has 1 fully saturated rings. The Bertz CT molecular complexity index is 109. The Kier molecular flexibility index (Phi) is 6.21. The third-order valence-corrected chi connectivity index (χ3v) is 2.73. The highest BCUT2D eigenvalue weighted by Crippen LogP contribution is 2.06. The molecule has 0 bridgehead atoms. The number of nitrogens with one attached hydrogen (secondary N) is 1. The molecular formula is C11H24N2. The van der Waals surface area contributed by atoms with Gasteiger partial charge in [-0.1, -0.05) is 13.3 Å². The average molecular weight is 184 g/mol. The average Bonchev–Trinajstić information content (AvgIpc) is 2.63. The van der Waals surface area contributed by atoms with Crippen LogP contribution in [0.4, 0.5) is 0 Å². The highest BCUT2D eigenvalue weighted by atomic mass is 15.1. The van der Waals surface area contributed by atoms with Crippen LogP contribution in [0.15, 0.2) is 0 Å². The summed E-state index contributed by atoms with van der Waals surface area (Å²) < 4.78 is 0. The van der Waals surface area contributed by atoms with E-state index < -0.39 is 0 Å². The SMILES string of the molecule is CCCCNCCCN1CCCC1. The molecule has 0 aromatic heterocycles. The van der Waals surface area contributed by atoms with E-state index in [9.17, 15) is 0 Å². The molecule has 1 aliphatic heterocycles. The van der Waals surface area contributed by atoms with Crippen molar-refractivity contribution in [3.8, 4) is 0 Å². The van der Waals surface area contributed by atoms with Crippen molar-refractivity contribution in [2.75, 3.05) is 32.7 Å². The fourth-order valence-electron chi connectivity index (χ4n) is 1.86. The Labute approximate surface area is 82.7 Å². The highest BCUT2D eigenvalue weighted by molar-refractivity contribution is 4.66. The summed E-state index contributed by atoms with van der Waals surface area (Å²) in [6.45, 7) is 8.64. The quantitative estimate of drug-likeness (QED) is 0.608. The number of rotatable bonds is 7. The molecule has 0 spiro atoms. The Balaban J connectivity index is 1.78. The first-order valence-electron chi connectivity index (χ1n) is 5.86. The van der Waals surface area contributed by atoms with Crippen molar-refractivity contribution in [3.05, 3.63) is 0 Å². The number of nitrogens with zero attached hydrogens (tertiary/aromatic N) is 1. The lowest BCUT2D eigenvalue weighted by molar-refractivity contribution is 0.331. The Morgan fingerprint density at radius 3 is 2.46 bits per heavy atom. The van der Waals surface area contributed by atoms with E-state index >= 15 is 0 Å². The van der Waals surface area contributed by atoms with Gasteiger partial charge in [-0.3, -0.25) is 0 Å². The fraction of sp³-hybridized carbons (Fsp3) is 1.00. The van der Waals surface area contributed by atoms with Gasteiger partial charge in [0.05, 0.1) is 0 Å². The van der Waals surface area contributed by atoms with Crippen LogP contribution in [0.1, 0.15) is 39.0 Å². The third kappa shape index (κ3) is 5.27. The lowest BCUT2D eigenvalue weighted by atomic mass is 10.3. The summed E-state index contributed by atoms with van der Waals surface area (Å²) in [5, 5.41) is 3.48. The van der Waals surface area contributed by atoms with Crippen LogP contribution in [-0.4, -0.2) is 37.6 Å². The van der Waals surface area contributed by atoms with Crippen molar-refractivity contribution in [2.24, 2.45) is 0 Å². The predicted octanol–water partition coefficient (Wildman–Crippen LogP) is 1.86. The minimum atomic E-state index is 1.20. The van der Waals surface area contributed by atoms with E-state index in [0.717, 1.165) is 0 Å². The van der Waals surface area contributed by atoms with Gasteiger partial charge in [-0.2, -0.15) is 0 Å². The molecule has 1 aliphatic rings. The highest BCUT2D eigenvalue weighted by Gasteiger charge is 2.09. The lowest BCUT2D eigenvalue weighted by Gasteiger charge is -2.14. The molecular weight excluding hydrogens is 160 g/mol. The molecule has 0 aliphatic carbocycles. The second-order valence-corrected chi connectivity index (χ2v) is 4.01. The van der Waals surface area contributed by atoms with Gasteiger partial charge >= 0.3 is 0 Å². The summed E-state index contributed by atoms with van der Waals surface area (Å²) in [7, 11) is 0. The molecule has 2 nitrogen and oxygen atoms in total. The van der Waals surface area contributed by atoms with Gasteiger partial charge in [0.2, 0.25) is 0 Å². The Morgan fingerprint density at radius 2 is 1.77 bits per heavy atom. The van der Waals surface area contributed by atoms with E-state index in [-0.39, 0.29) is 0 Å². The van der Waals surface area contributed by atoms with Gasteiger partial charge in [0.1, 0.15) is 0 Å². The minimum absolute atomic E-state index is 1.20. The first kappa shape index (κ1) is 11.0. The van der Waals surface area contributed by atoms with Crippen molar-refractivity contribution in [1.29, 1.82) is 0 Å². The van der Waals surface area contributed by atoms with Crippen molar-refractivity contribution in [3.63, 3.8) is 0 Å². The summed E-state index contributed by atoms with van der Waals surface area (Å²) in [6.07, 6.45) is 6.79. The van der Waals surface area contributed by atoms with E-state index in [4.69, 9.17) is 0 Å². The predicted molar refractivity (Wildman–Crippen MR) is 58.1 cm³/mol. The molecule has 1 heterocycles. The first-order valence-corrected chi connectivity index (χ1v) is 5.86. The van der Waals surface area contributed by atoms with Gasteiger partial charge in [0.25, 0.3) is 0 Å². The van der Waals surface area contributed by atoms with E-state index in [1.165, 1.54) is 64.8 Å². The maximum atomic E-state index is 3.48. The molecule has 0 atom stereocenters. The number of hydrogen-bond acceptors (Lipinski definition) is 2. The summed E-state index contributed by atoms with van der Waals surface area (Å²) in [5.41, 5.74) is 0. The van der Waals surface area contributed by atoms with Gasteiger partial charge in [0.15, 0.2) is 0 Å². The maximum Gasteiger partial charge on any atom is -0.000664 e. The van der Waals surface area contributed by atoms with Gasteiger partial charge in [-0.25, -0.2) is 0 Å². The standard InChI is InChI=1S/C11H24N2/c1-2-3-7-12-8-6-11-13-9-4-5-10-13/h12H,2-11H2,1H3. The molecule has 78 valence electrons. The van der Waals surface area contributed by atoms with Crippen LogP contribution in [-0.2, 0) is 0 Å². The van der Waals surface area contributed by atoms with Crippen LogP contribution < -0.4 is 5.32 Å². The monoisotopic (exact) mass is 184 g/mol. The normalized spacial score (nSPS) is 18.2. The molecule has 0 aromatic carbocycles. The van der Waals surface area contributed by atoms with Crippen LogP contribution in [0.5, 0.6) is 0 Å². The molecule has 1 N–H and O–H groups in total. The third-order valence-electron chi connectivity index (χ3n) is 2.73. The topological polar surface area (TPSA) is 15.3 Å². The van der Waals surface area contributed by atoms with Crippen molar-refractivity contribution < 1.29 is 0 Å². The molecule has 0 unspecified atom stereocenters. The zero-order valence-electron chi connectivity index (χ0n) is 9.02. The summed E-state index contributed by atoms with van der Waals surface area (Å²) >= 11 is 0. The molecule has 0 amide bonds. The van der Waals surface area contributed by atoms with Crippen molar-refractivity contribution in [1.82, 2.24) is 10.2 Å². The smallest absolute Gasteiger partial charge is 0.000664 e. The van der Waals surface area contributed by atoms with Crippen LogP contribution in [0.2, 0.25) is 0 Å². The van der Waals surface area contributed by atoms with E-state index in [0.29, 0.717) is 0 Å². The fourth-order valence-corrected chi connectivity index (χ4v) is 1.86. The summed E-state index contributed by atoms with van der Waals surface area (Å²) in [5.74, 6) is 0. The van der Waals surface area contributed by atoms with E-state index in [2.05, 4.69) is 17.1 Å². The molecule has 0 saturated carbocycles. The Morgan fingerprint density at radius 1 is 1.08 bits per heavy atom. The Hall–Kier alpha value is -0.0800. The van der Waals surface area contributed by atoms with Crippen molar-refractivity contribution >= 4 is 0 Å². The zero-order chi connectivity index (χ0) is 9.36. The maximum absolute atomic E-state index is 3.48. The molecule has 0 radical (unpaired) electrons. The number of likely N-dealkylation sites (tertiary alicyclic amines) is 1. The number of unbranched alkanes of at least 4 members (excludes halogenated alkanes) is 1. The largest absolute Gasteiger partial charge is 0.317 e. The van der Waals surface area contributed by atoms with Crippen LogP contribution in [0.25, 0.3) is 0 Å². The van der Waals surface area contributed by atoms with Gasteiger partial charge in [0, 0.05) is 0 Å². The molecule has 2 heteroatoms. The second kappa shape index (κ2) is 7.34. The van der Waals surface area contributed by atoms with Gasteiger partial charge in [-0.05, 0) is 58.4 Å². The van der Waals surface area contributed by atoms with Gasteiger partial charge in [-0.15, -0.1) is 0 Å². The first-order chi connectivity index (χ1) is 6.43. The van der Waals surface area contributed by atoms with E-state index in [1.54, 1.807) is 0 Å².